The molecule has 0 fully saturated rings. The van der Waals surface area contributed by atoms with Crippen molar-refractivity contribution in [2.75, 3.05) is 4.90 Å². The predicted molar refractivity (Wildman–Crippen MR) is 204 cm³/mol. The van der Waals surface area contributed by atoms with Crippen LogP contribution in [0.15, 0.2) is 158 Å². The number of anilines is 3. The van der Waals surface area contributed by atoms with Crippen molar-refractivity contribution in [3.8, 4) is 44.6 Å². The molecule has 0 bridgehead atoms. The summed E-state index contributed by atoms with van der Waals surface area (Å²) in [6.07, 6.45) is 1.98. The van der Waals surface area contributed by atoms with Gasteiger partial charge < -0.3 is 4.90 Å². The van der Waals surface area contributed by atoms with E-state index in [4.69, 9.17) is 13.7 Å². The summed E-state index contributed by atoms with van der Waals surface area (Å²) in [5.41, 5.74) is 16.8. The Morgan fingerprint density at radius 1 is 0.469 bits per heavy atom. The van der Waals surface area contributed by atoms with Crippen molar-refractivity contribution in [2.45, 2.75) is 19.3 Å². The smallest absolute Gasteiger partial charge is 0.114 e. The van der Waals surface area contributed by atoms with Crippen LogP contribution in [-0.2, 0) is 5.41 Å². The second-order valence-corrected chi connectivity index (χ2v) is 13.6. The minimum absolute atomic E-state index is 0.0379. The average Bonchev–Trinajstić information content (AvgIpc) is 3.74. The maximum Gasteiger partial charge on any atom is 0.114 e. The lowest BCUT2D eigenvalue weighted by atomic mass is 9.81. The molecular weight excluding hydrogens is 617 g/mol. The van der Waals surface area contributed by atoms with Crippen LogP contribution in [0.2, 0.25) is 0 Å². The Balaban J connectivity index is 1.02. The number of hydrogen-bond acceptors (Lipinski definition) is 5. The highest BCUT2D eigenvalue weighted by Gasteiger charge is 2.35. The van der Waals surface area contributed by atoms with Crippen LogP contribution in [0, 0.1) is 0 Å². The molecular formula is C44H32N4S. The molecule has 0 radical (unpaired) electrons. The van der Waals surface area contributed by atoms with Crippen LogP contribution >= 0.6 is 11.7 Å². The molecule has 5 heteroatoms. The van der Waals surface area contributed by atoms with E-state index >= 15 is 0 Å². The molecule has 6 aromatic carbocycles. The number of para-hydroxylation sites is 2. The van der Waals surface area contributed by atoms with Crippen LogP contribution in [-0.4, -0.2) is 13.7 Å². The SMILES string of the molecule is CC1(C)c2ccccc2-c2ccc(-c3ccc(-c4ccc(-c5ccc(N(c6ccccc6)c6ccccc6)cc5)c5nsnc45)nc3)cc21. The molecule has 8 aromatic rings. The quantitative estimate of drug-likeness (QED) is 0.180. The number of benzene rings is 6. The molecule has 0 unspecified atom stereocenters. The molecule has 2 aromatic heterocycles. The standard InChI is InChI=1S/C44H32N4S/c1-44(2)39-16-10-9-15-36(39)37-23-19-30(27-40(37)44)31-20-26-41(45-28-31)38-25-24-35(42-43(38)47-49-46-42)29-17-21-34(22-18-29)48(32-11-5-3-6-12-32)33-13-7-4-8-14-33/h3-28H,1-2H3. The van der Waals surface area contributed by atoms with E-state index in [0.29, 0.717) is 0 Å². The lowest BCUT2D eigenvalue weighted by molar-refractivity contribution is 0.660. The molecule has 2 heterocycles. The predicted octanol–water partition coefficient (Wildman–Crippen LogP) is 11.9. The van der Waals surface area contributed by atoms with Gasteiger partial charge in [-0.25, -0.2) is 0 Å². The van der Waals surface area contributed by atoms with Gasteiger partial charge in [-0.1, -0.05) is 111 Å². The fraction of sp³-hybridized carbons (Fsp3) is 0.0682. The molecule has 9 rings (SSSR count). The van der Waals surface area contributed by atoms with E-state index in [-0.39, 0.29) is 5.41 Å². The highest BCUT2D eigenvalue weighted by Crippen LogP contribution is 2.49. The first-order chi connectivity index (χ1) is 24.1. The summed E-state index contributed by atoms with van der Waals surface area (Å²) >= 11 is 1.24. The average molecular weight is 649 g/mol. The zero-order valence-electron chi connectivity index (χ0n) is 27.2. The molecule has 0 spiro atoms. The van der Waals surface area contributed by atoms with E-state index in [1.807, 2.05) is 18.3 Å². The van der Waals surface area contributed by atoms with Gasteiger partial charge in [0, 0.05) is 45.4 Å². The van der Waals surface area contributed by atoms with Gasteiger partial charge in [0.15, 0.2) is 0 Å². The molecule has 0 saturated heterocycles. The Morgan fingerprint density at radius 3 is 1.71 bits per heavy atom. The van der Waals surface area contributed by atoms with Gasteiger partial charge in [-0.15, -0.1) is 0 Å². The van der Waals surface area contributed by atoms with Gasteiger partial charge in [0.05, 0.1) is 17.4 Å². The van der Waals surface area contributed by atoms with Crippen LogP contribution < -0.4 is 4.90 Å². The van der Waals surface area contributed by atoms with E-state index in [0.717, 1.165) is 56.0 Å². The Labute approximate surface area is 290 Å². The third-order valence-corrected chi connectivity index (χ3v) is 10.4. The van der Waals surface area contributed by atoms with Gasteiger partial charge in [0.25, 0.3) is 0 Å². The summed E-state index contributed by atoms with van der Waals surface area (Å²) in [5.74, 6) is 0. The van der Waals surface area contributed by atoms with Crippen LogP contribution in [0.4, 0.5) is 17.1 Å². The second-order valence-electron chi connectivity index (χ2n) is 13.0. The zero-order chi connectivity index (χ0) is 33.0. The lowest BCUT2D eigenvalue weighted by Crippen LogP contribution is -2.14. The monoisotopic (exact) mass is 648 g/mol. The molecule has 0 amide bonds. The third kappa shape index (κ3) is 4.93. The summed E-state index contributed by atoms with van der Waals surface area (Å²) in [5, 5.41) is 0. The summed E-state index contributed by atoms with van der Waals surface area (Å²) in [4.78, 5) is 7.22. The van der Waals surface area contributed by atoms with Crippen molar-refractivity contribution in [1.29, 1.82) is 0 Å². The Morgan fingerprint density at radius 2 is 1.02 bits per heavy atom. The molecule has 4 nitrogen and oxygen atoms in total. The molecule has 1 aliphatic rings. The van der Waals surface area contributed by atoms with Crippen LogP contribution in [0.1, 0.15) is 25.0 Å². The first-order valence-corrected chi connectivity index (χ1v) is 17.3. The van der Waals surface area contributed by atoms with Gasteiger partial charge in [-0.3, -0.25) is 4.98 Å². The van der Waals surface area contributed by atoms with E-state index in [2.05, 4.69) is 158 Å². The minimum atomic E-state index is -0.0379. The van der Waals surface area contributed by atoms with Gasteiger partial charge in [0.2, 0.25) is 0 Å². The molecule has 0 atom stereocenters. The molecule has 49 heavy (non-hydrogen) atoms. The highest BCUT2D eigenvalue weighted by atomic mass is 32.1. The minimum Gasteiger partial charge on any atom is -0.311 e. The lowest BCUT2D eigenvalue weighted by Gasteiger charge is -2.25. The van der Waals surface area contributed by atoms with Crippen LogP contribution in [0.25, 0.3) is 55.7 Å². The number of hydrogen-bond donors (Lipinski definition) is 0. The maximum atomic E-state index is 4.95. The Hall–Kier alpha value is -5.91. The Kier molecular flexibility index (Phi) is 6.96. The third-order valence-electron chi connectivity index (χ3n) is 9.84. The summed E-state index contributed by atoms with van der Waals surface area (Å²) in [6.45, 7) is 4.64. The summed E-state index contributed by atoms with van der Waals surface area (Å²) < 4.78 is 9.50. The van der Waals surface area contributed by atoms with Crippen LogP contribution in [0.5, 0.6) is 0 Å². The van der Waals surface area contributed by atoms with Crippen molar-refractivity contribution in [1.82, 2.24) is 13.7 Å². The van der Waals surface area contributed by atoms with Gasteiger partial charge in [0.1, 0.15) is 11.0 Å². The number of nitrogens with zero attached hydrogens (tertiary/aromatic N) is 4. The fourth-order valence-corrected chi connectivity index (χ4v) is 7.88. The van der Waals surface area contributed by atoms with Crippen molar-refractivity contribution in [3.05, 3.63) is 169 Å². The molecule has 0 N–H and O–H groups in total. The van der Waals surface area contributed by atoms with Gasteiger partial charge in [-0.05, 0) is 88.0 Å². The van der Waals surface area contributed by atoms with E-state index < -0.39 is 0 Å². The van der Waals surface area contributed by atoms with Crippen molar-refractivity contribution >= 4 is 39.8 Å². The summed E-state index contributed by atoms with van der Waals surface area (Å²) in [7, 11) is 0. The molecule has 1 aliphatic carbocycles. The first kappa shape index (κ1) is 29.2. The second kappa shape index (κ2) is 11.7. The number of fused-ring (bicyclic) bond motifs is 4. The van der Waals surface area contributed by atoms with E-state index in [9.17, 15) is 0 Å². The number of pyridine rings is 1. The zero-order valence-corrected chi connectivity index (χ0v) is 28.0. The van der Waals surface area contributed by atoms with Crippen molar-refractivity contribution < 1.29 is 0 Å². The van der Waals surface area contributed by atoms with Gasteiger partial charge >= 0.3 is 0 Å². The Bertz CT molecular complexity index is 2410. The highest BCUT2D eigenvalue weighted by molar-refractivity contribution is 7.00. The van der Waals surface area contributed by atoms with E-state index in [1.54, 1.807) is 0 Å². The van der Waals surface area contributed by atoms with E-state index in [1.165, 1.54) is 39.5 Å². The summed E-state index contributed by atoms with van der Waals surface area (Å²) in [6, 6.07) is 53.7. The van der Waals surface area contributed by atoms with Gasteiger partial charge in [-0.2, -0.15) is 8.75 Å². The number of aromatic nitrogens is 3. The molecule has 0 saturated carbocycles. The maximum absolute atomic E-state index is 4.95. The molecule has 234 valence electrons. The van der Waals surface area contributed by atoms with Crippen LogP contribution in [0.3, 0.4) is 0 Å². The van der Waals surface area contributed by atoms with Crippen molar-refractivity contribution in [3.63, 3.8) is 0 Å². The molecule has 0 aliphatic heterocycles. The first-order valence-electron chi connectivity index (χ1n) is 16.5. The number of rotatable bonds is 6. The largest absolute Gasteiger partial charge is 0.311 e. The topological polar surface area (TPSA) is 41.9 Å². The fourth-order valence-electron chi connectivity index (χ4n) is 7.31. The normalized spacial score (nSPS) is 12.9. The van der Waals surface area contributed by atoms with Crippen molar-refractivity contribution in [2.24, 2.45) is 0 Å².